The van der Waals surface area contributed by atoms with Gasteiger partial charge in [0.25, 0.3) is 0 Å². The van der Waals surface area contributed by atoms with Crippen molar-refractivity contribution in [2.75, 3.05) is 0 Å². The first-order chi connectivity index (χ1) is 16.7. The molecule has 1 aliphatic rings. The molecule has 1 N–H and O–H groups in total. The summed E-state index contributed by atoms with van der Waals surface area (Å²) < 4.78 is 16.7. The summed E-state index contributed by atoms with van der Waals surface area (Å²) in [5.41, 5.74) is 4.22. The predicted octanol–water partition coefficient (Wildman–Crippen LogP) is 5.24. The van der Waals surface area contributed by atoms with Crippen LogP contribution in [0.25, 0.3) is 0 Å². The van der Waals surface area contributed by atoms with E-state index in [4.69, 9.17) is 14.2 Å². The number of nitrogens with zero attached hydrogens (tertiary/aromatic N) is 1. The van der Waals surface area contributed by atoms with E-state index in [2.05, 4.69) is 5.43 Å². The van der Waals surface area contributed by atoms with Crippen LogP contribution < -0.4 is 10.2 Å². The second-order valence-electron chi connectivity index (χ2n) is 7.74. The Morgan fingerprint density at radius 1 is 0.765 bits per heavy atom. The van der Waals surface area contributed by atoms with Crippen molar-refractivity contribution < 1.29 is 23.8 Å². The lowest BCUT2D eigenvalue weighted by Gasteiger charge is -2.27. The van der Waals surface area contributed by atoms with Gasteiger partial charge in [-0.3, -0.25) is 0 Å². The van der Waals surface area contributed by atoms with Crippen LogP contribution >= 0.6 is 0 Å². The lowest BCUT2D eigenvalue weighted by Crippen LogP contribution is -2.51. The molecule has 34 heavy (non-hydrogen) atoms. The molecule has 7 nitrogen and oxygen atoms in total. The summed E-state index contributed by atoms with van der Waals surface area (Å²) in [7, 11) is 0. The Hall–Kier alpha value is -4.26. The zero-order valence-corrected chi connectivity index (χ0v) is 18.6. The van der Waals surface area contributed by atoms with E-state index in [0.29, 0.717) is 6.42 Å². The normalized spacial score (nSPS) is 16.5. The second-order valence-corrected chi connectivity index (χ2v) is 7.74. The molecule has 0 fully saturated rings. The van der Waals surface area contributed by atoms with Gasteiger partial charge >= 0.3 is 12.2 Å². The highest BCUT2D eigenvalue weighted by Crippen LogP contribution is 2.22. The van der Waals surface area contributed by atoms with Crippen molar-refractivity contribution >= 4 is 12.2 Å². The summed E-state index contributed by atoms with van der Waals surface area (Å²) in [5.74, 6) is 0.728. The fourth-order valence-electron chi connectivity index (χ4n) is 3.51. The monoisotopic (exact) mass is 458 g/mol. The second kappa shape index (κ2) is 11.6. The predicted molar refractivity (Wildman–Crippen MR) is 127 cm³/mol. The number of hydrogen-bond donors (Lipinski definition) is 1. The molecule has 0 aromatic heterocycles. The third kappa shape index (κ3) is 6.62. The van der Waals surface area contributed by atoms with Crippen LogP contribution in [0.5, 0.6) is 5.75 Å². The maximum absolute atomic E-state index is 12.9. The number of carbonyl (C=O) groups excluding carboxylic acids is 2. The third-order valence-electron chi connectivity index (χ3n) is 5.21. The maximum atomic E-state index is 12.9. The molecule has 0 unspecified atom stereocenters. The van der Waals surface area contributed by atoms with Crippen LogP contribution in [-0.2, 0) is 22.7 Å². The van der Waals surface area contributed by atoms with Crippen molar-refractivity contribution in [2.24, 2.45) is 0 Å². The number of hydrogen-bond acceptors (Lipinski definition) is 5. The standard InChI is InChI=1S/C27H26N2O5/c30-26(32-19-21-10-4-1-5-11-21)28-29(27(31)33-20-22-12-6-2-7-13-22)23-16-17-25(18-23)34-24-14-8-3-9-15-24/h1-17,23,25H,18-20H2,(H,28,30)/t23-,25+/m0/s1. The SMILES string of the molecule is O=C(NN(C(=O)OCc1ccccc1)[C@H]1C=C[C@@H](Oc2ccccc2)C1)OCc1ccccc1. The Kier molecular flexibility index (Phi) is 7.79. The fraction of sp³-hybridized carbons (Fsp3) is 0.185. The molecule has 0 bridgehead atoms. The van der Waals surface area contributed by atoms with E-state index in [0.717, 1.165) is 21.9 Å². The molecule has 0 aliphatic heterocycles. The highest BCUT2D eigenvalue weighted by atomic mass is 16.6. The molecule has 174 valence electrons. The Balaban J connectivity index is 1.38. The lowest BCUT2D eigenvalue weighted by atomic mass is 10.2. The van der Waals surface area contributed by atoms with Gasteiger partial charge in [-0.2, -0.15) is 0 Å². The van der Waals surface area contributed by atoms with Gasteiger partial charge in [-0.05, 0) is 29.3 Å². The molecular weight excluding hydrogens is 432 g/mol. The minimum absolute atomic E-state index is 0.0806. The molecule has 3 aromatic carbocycles. The molecule has 4 rings (SSSR count). The number of amides is 2. The van der Waals surface area contributed by atoms with E-state index in [1.807, 2.05) is 103 Å². The van der Waals surface area contributed by atoms with E-state index in [1.54, 1.807) is 0 Å². The number of hydrazine groups is 1. The molecule has 2 amide bonds. The summed E-state index contributed by atoms with van der Waals surface area (Å²) in [6.07, 6.45) is 2.45. The van der Waals surface area contributed by atoms with Gasteiger partial charge < -0.3 is 14.2 Å². The molecule has 7 heteroatoms. The van der Waals surface area contributed by atoms with Crippen LogP contribution in [0.3, 0.4) is 0 Å². The van der Waals surface area contributed by atoms with Gasteiger partial charge in [-0.15, -0.1) is 0 Å². The Bertz CT molecular complexity index is 1090. The van der Waals surface area contributed by atoms with Crippen LogP contribution in [-0.4, -0.2) is 29.3 Å². The summed E-state index contributed by atoms with van der Waals surface area (Å²) in [6, 6.07) is 27.6. The Morgan fingerprint density at radius 3 is 1.94 bits per heavy atom. The molecule has 0 heterocycles. The van der Waals surface area contributed by atoms with E-state index >= 15 is 0 Å². The summed E-state index contributed by atoms with van der Waals surface area (Å²) in [6.45, 7) is 0.164. The molecule has 0 saturated carbocycles. The topological polar surface area (TPSA) is 77.1 Å². The minimum Gasteiger partial charge on any atom is -0.486 e. The number of benzene rings is 3. The number of nitrogens with one attached hydrogen (secondary N) is 1. The molecule has 1 aliphatic carbocycles. The summed E-state index contributed by atoms with van der Waals surface area (Å²) in [4.78, 5) is 25.4. The molecular formula is C27H26N2O5. The van der Waals surface area contributed by atoms with E-state index < -0.39 is 18.2 Å². The van der Waals surface area contributed by atoms with Gasteiger partial charge in [0, 0.05) is 6.42 Å². The van der Waals surface area contributed by atoms with Crippen LogP contribution in [0.1, 0.15) is 17.5 Å². The van der Waals surface area contributed by atoms with Gasteiger partial charge in [-0.25, -0.2) is 20.0 Å². The first-order valence-electron chi connectivity index (χ1n) is 11.0. The first-order valence-corrected chi connectivity index (χ1v) is 11.0. The quantitative estimate of drug-likeness (QED) is 0.387. The Morgan fingerprint density at radius 2 is 1.32 bits per heavy atom. The van der Waals surface area contributed by atoms with E-state index in [-0.39, 0.29) is 19.3 Å². The summed E-state index contributed by atoms with van der Waals surface area (Å²) in [5, 5.41) is 1.15. The third-order valence-corrected chi connectivity index (χ3v) is 5.21. The van der Waals surface area contributed by atoms with Crippen LogP contribution in [0.15, 0.2) is 103 Å². The van der Waals surface area contributed by atoms with Crippen molar-refractivity contribution in [1.29, 1.82) is 0 Å². The zero-order valence-electron chi connectivity index (χ0n) is 18.6. The molecule has 0 saturated heterocycles. The average Bonchev–Trinajstić information content (AvgIpc) is 3.34. The van der Waals surface area contributed by atoms with Crippen LogP contribution in [0.4, 0.5) is 9.59 Å². The molecule has 2 atom stereocenters. The number of ether oxygens (including phenoxy) is 3. The van der Waals surface area contributed by atoms with Crippen molar-refractivity contribution in [3.05, 3.63) is 114 Å². The van der Waals surface area contributed by atoms with Gasteiger partial charge in [0.2, 0.25) is 0 Å². The molecule has 0 radical (unpaired) electrons. The van der Waals surface area contributed by atoms with Crippen molar-refractivity contribution in [2.45, 2.75) is 31.8 Å². The number of carbonyl (C=O) groups is 2. The van der Waals surface area contributed by atoms with Gasteiger partial charge in [0.05, 0.1) is 6.04 Å². The van der Waals surface area contributed by atoms with Gasteiger partial charge in [0.15, 0.2) is 0 Å². The van der Waals surface area contributed by atoms with Crippen molar-refractivity contribution in [3.63, 3.8) is 0 Å². The summed E-state index contributed by atoms with van der Waals surface area (Å²) >= 11 is 0. The van der Waals surface area contributed by atoms with Gasteiger partial charge in [0.1, 0.15) is 25.1 Å². The first kappa shape index (κ1) is 22.9. The van der Waals surface area contributed by atoms with Crippen LogP contribution in [0.2, 0.25) is 0 Å². The van der Waals surface area contributed by atoms with Crippen molar-refractivity contribution in [3.8, 4) is 5.75 Å². The van der Waals surface area contributed by atoms with Crippen molar-refractivity contribution in [1.82, 2.24) is 10.4 Å². The van der Waals surface area contributed by atoms with E-state index in [9.17, 15) is 9.59 Å². The average molecular weight is 459 g/mol. The molecule has 3 aromatic rings. The fourth-order valence-corrected chi connectivity index (χ4v) is 3.51. The van der Waals surface area contributed by atoms with Crippen LogP contribution in [0, 0.1) is 0 Å². The lowest BCUT2D eigenvalue weighted by molar-refractivity contribution is 0.0504. The van der Waals surface area contributed by atoms with Gasteiger partial charge in [-0.1, -0.05) is 84.9 Å². The van der Waals surface area contributed by atoms with E-state index in [1.165, 1.54) is 0 Å². The Labute approximate surface area is 198 Å². The highest BCUT2D eigenvalue weighted by Gasteiger charge is 2.32. The number of rotatable bonds is 7. The smallest absolute Gasteiger partial charge is 0.429 e. The minimum atomic E-state index is -0.749. The molecule has 0 spiro atoms. The maximum Gasteiger partial charge on any atom is 0.429 e. The highest BCUT2D eigenvalue weighted by molar-refractivity contribution is 5.74. The number of para-hydroxylation sites is 1. The largest absolute Gasteiger partial charge is 0.486 e. The zero-order chi connectivity index (χ0) is 23.6.